The van der Waals surface area contributed by atoms with Gasteiger partial charge in [0.05, 0.1) is 7.11 Å². The Balaban J connectivity index is 1.58. The maximum Gasteiger partial charge on any atom is 0.161 e. The first kappa shape index (κ1) is 16.1. The number of rotatable bonds is 7. The SMILES string of the molecule is COc1ccc(CN)cc1OCCOc1ccc2ccccc2c1. The van der Waals surface area contributed by atoms with Crippen LogP contribution in [0.5, 0.6) is 17.2 Å². The van der Waals surface area contributed by atoms with Gasteiger partial charge in [0, 0.05) is 6.54 Å². The summed E-state index contributed by atoms with van der Waals surface area (Å²) < 4.78 is 16.9. The quantitative estimate of drug-likeness (QED) is 0.673. The zero-order valence-corrected chi connectivity index (χ0v) is 13.7. The Morgan fingerprint density at radius 3 is 2.38 bits per heavy atom. The molecule has 3 aromatic rings. The molecule has 0 aromatic heterocycles. The van der Waals surface area contributed by atoms with E-state index in [2.05, 4.69) is 18.2 Å². The molecule has 0 heterocycles. The minimum absolute atomic E-state index is 0.428. The van der Waals surface area contributed by atoms with E-state index < -0.39 is 0 Å². The standard InChI is InChI=1S/C20H21NO3/c1-22-19-9-6-15(14-21)12-20(19)24-11-10-23-18-8-7-16-4-2-3-5-17(16)13-18/h2-9,12-13H,10-11,14,21H2,1H3. The second-order valence-electron chi connectivity index (χ2n) is 5.40. The molecular formula is C20H21NO3. The highest BCUT2D eigenvalue weighted by Gasteiger charge is 2.05. The molecule has 0 aliphatic carbocycles. The van der Waals surface area contributed by atoms with E-state index in [1.807, 2.05) is 42.5 Å². The Morgan fingerprint density at radius 1 is 0.792 bits per heavy atom. The van der Waals surface area contributed by atoms with Crippen molar-refractivity contribution in [3.63, 3.8) is 0 Å². The van der Waals surface area contributed by atoms with Crippen molar-refractivity contribution in [2.45, 2.75) is 6.54 Å². The van der Waals surface area contributed by atoms with Crippen molar-refractivity contribution in [2.24, 2.45) is 5.73 Å². The summed E-state index contributed by atoms with van der Waals surface area (Å²) in [7, 11) is 1.62. The van der Waals surface area contributed by atoms with Gasteiger partial charge in [0.2, 0.25) is 0 Å². The second-order valence-corrected chi connectivity index (χ2v) is 5.40. The molecule has 4 nitrogen and oxygen atoms in total. The third kappa shape index (κ3) is 3.78. The predicted octanol–water partition coefficient (Wildman–Crippen LogP) is 3.76. The number of fused-ring (bicyclic) bond motifs is 1. The van der Waals surface area contributed by atoms with E-state index in [-0.39, 0.29) is 0 Å². The van der Waals surface area contributed by atoms with Gasteiger partial charge in [-0.25, -0.2) is 0 Å². The van der Waals surface area contributed by atoms with Crippen LogP contribution in [0, 0.1) is 0 Å². The Hall–Kier alpha value is -2.72. The predicted molar refractivity (Wildman–Crippen MR) is 95.8 cm³/mol. The third-order valence-electron chi connectivity index (χ3n) is 3.79. The van der Waals surface area contributed by atoms with Gasteiger partial charge >= 0.3 is 0 Å². The maximum atomic E-state index is 5.78. The fraction of sp³-hybridized carbons (Fsp3) is 0.200. The molecule has 0 bridgehead atoms. The molecule has 0 fully saturated rings. The summed E-state index contributed by atoms with van der Waals surface area (Å²) in [5.41, 5.74) is 6.67. The van der Waals surface area contributed by atoms with Gasteiger partial charge < -0.3 is 19.9 Å². The summed E-state index contributed by atoms with van der Waals surface area (Å²) >= 11 is 0. The minimum atomic E-state index is 0.428. The number of benzene rings is 3. The number of hydrogen-bond donors (Lipinski definition) is 1. The largest absolute Gasteiger partial charge is 0.493 e. The second kappa shape index (κ2) is 7.70. The highest BCUT2D eigenvalue weighted by molar-refractivity contribution is 5.83. The number of ether oxygens (including phenoxy) is 3. The molecule has 3 rings (SSSR count). The maximum absolute atomic E-state index is 5.78. The molecule has 0 saturated heterocycles. The molecule has 0 atom stereocenters. The first-order valence-electron chi connectivity index (χ1n) is 7.91. The van der Waals surface area contributed by atoms with Gasteiger partial charge in [0.1, 0.15) is 19.0 Å². The van der Waals surface area contributed by atoms with Gasteiger partial charge in [-0.3, -0.25) is 0 Å². The summed E-state index contributed by atoms with van der Waals surface area (Å²) in [5, 5.41) is 2.36. The zero-order valence-electron chi connectivity index (χ0n) is 13.7. The normalized spacial score (nSPS) is 10.6. The molecule has 4 heteroatoms. The summed E-state index contributed by atoms with van der Waals surface area (Å²) in [6.45, 7) is 1.35. The molecule has 0 saturated carbocycles. The average Bonchev–Trinajstić information content (AvgIpc) is 2.65. The lowest BCUT2D eigenvalue weighted by Gasteiger charge is -2.13. The van der Waals surface area contributed by atoms with Gasteiger partial charge in [-0.2, -0.15) is 0 Å². The van der Waals surface area contributed by atoms with E-state index in [1.54, 1.807) is 7.11 Å². The van der Waals surface area contributed by atoms with Crippen LogP contribution in [0.3, 0.4) is 0 Å². The zero-order chi connectivity index (χ0) is 16.8. The van der Waals surface area contributed by atoms with Crippen molar-refractivity contribution in [1.82, 2.24) is 0 Å². The minimum Gasteiger partial charge on any atom is -0.493 e. The van der Waals surface area contributed by atoms with Crippen LogP contribution in [0.2, 0.25) is 0 Å². The van der Waals surface area contributed by atoms with Gasteiger partial charge in [0.15, 0.2) is 11.5 Å². The van der Waals surface area contributed by atoms with Crippen molar-refractivity contribution in [1.29, 1.82) is 0 Å². The van der Waals surface area contributed by atoms with Crippen molar-refractivity contribution in [2.75, 3.05) is 20.3 Å². The highest BCUT2D eigenvalue weighted by Crippen LogP contribution is 2.28. The van der Waals surface area contributed by atoms with Gasteiger partial charge in [0.25, 0.3) is 0 Å². The van der Waals surface area contributed by atoms with Crippen LogP contribution in [0.4, 0.5) is 0 Å². The lowest BCUT2D eigenvalue weighted by molar-refractivity contribution is 0.211. The van der Waals surface area contributed by atoms with Crippen LogP contribution in [0.1, 0.15) is 5.56 Å². The lowest BCUT2D eigenvalue weighted by Crippen LogP contribution is -2.10. The van der Waals surface area contributed by atoms with E-state index >= 15 is 0 Å². The fourth-order valence-corrected chi connectivity index (χ4v) is 2.53. The van der Waals surface area contributed by atoms with Crippen molar-refractivity contribution in [3.05, 3.63) is 66.2 Å². The molecule has 3 aromatic carbocycles. The first-order chi connectivity index (χ1) is 11.8. The van der Waals surface area contributed by atoms with Crippen molar-refractivity contribution in [3.8, 4) is 17.2 Å². The van der Waals surface area contributed by atoms with E-state index in [1.165, 1.54) is 5.39 Å². The van der Waals surface area contributed by atoms with Crippen molar-refractivity contribution < 1.29 is 14.2 Å². The Morgan fingerprint density at radius 2 is 1.58 bits per heavy atom. The number of hydrogen-bond acceptors (Lipinski definition) is 4. The lowest BCUT2D eigenvalue weighted by atomic mass is 10.1. The smallest absolute Gasteiger partial charge is 0.161 e. The summed E-state index contributed by atoms with van der Waals surface area (Å²) in [5.74, 6) is 2.21. The van der Waals surface area contributed by atoms with Gasteiger partial charge in [-0.15, -0.1) is 0 Å². The topological polar surface area (TPSA) is 53.7 Å². The molecule has 0 aliphatic heterocycles. The van der Waals surface area contributed by atoms with E-state index in [4.69, 9.17) is 19.9 Å². The van der Waals surface area contributed by atoms with Crippen LogP contribution in [-0.2, 0) is 6.54 Å². The number of methoxy groups -OCH3 is 1. The summed E-state index contributed by atoms with van der Waals surface area (Å²) in [4.78, 5) is 0. The molecule has 0 aliphatic rings. The van der Waals surface area contributed by atoms with Gasteiger partial charge in [-0.05, 0) is 40.6 Å². The van der Waals surface area contributed by atoms with E-state index in [0.717, 1.165) is 16.7 Å². The van der Waals surface area contributed by atoms with Crippen LogP contribution >= 0.6 is 0 Å². The highest BCUT2D eigenvalue weighted by atomic mass is 16.5. The van der Waals surface area contributed by atoms with Crippen LogP contribution < -0.4 is 19.9 Å². The summed E-state index contributed by atoms with van der Waals surface area (Å²) in [6, 6.07) is 19.9. The summed E-state index contributed by atoms with van der Waals surface area (Å²) in [6.07, 6.45) is 0. The van der Waals surface area contributed by atoms with E-state index in [0.29, 0.717) is 31.3 Å². The molecule has 0 spiro atoms. The van der Waals surface area contributed by atoms with Crippen LogP contribution in [0.25, 0.3) is 10.8 Å². The molecule has 0 amide bonds. The van der Waals surface area contributed by atoms with Gasteiger partial charge in [-0.1, -0.05) is 36.4 Å². The fourth-order valence-electron chi connectivity index (χ4n) is 2.53. The molecule has 0 radical (unpaired) electrons. The van der Waals surface area contributed by atoms with Crippen LogP contribution in [0.15, 0.2) is 60.7 Å². The monoisotopic (exact) mass is 323 g/mol. The third-order valence-corrected chi connectivity index (χ3v) is 3.79. The van der Waals surface area contributed by atoms with E-state index in [9.17, 15) is 0 Å². The Bertz CT molecular complexity index is 817. The molecule has 24 heavy (non-hydrogen) atoms. The molecular weight excluding hydrogens is 302 g/mol. The molecule has 2 N–H and O–H groups in total. The van der Waals surface area contributed by atoms with Crippen molar-refractivity contribution >= 4 is 10.8 Å². The Labute approximate surface area is 141 Å². The van der Waals surface area contributed by atoms with Crippen LogP contribution in [-0.4, -0.2) is 20.3 Å². The average molecular weight is 323 g/mol. The number of nitrogens with two attached hydrogens (primary N) is 1. The molecule has 124 valence electrons. The molecule has 0 unspecified atom stereocenters. The Kier molecular flexibility index (Phi) is 5.18. The first-order valence-corrected chi connectivity index (χ1v) is 7.91.